The number of amides is 1. The average molecular weight is 278 g/mol. The minimum absolute atomic E-state index is 0.138. The van der Waals surface area contributed by atoms with E-state index < -0.39 is 0 Å². The monoisotopic (exact) mass is 278 g/mol. The smallest absolute Gasteiger partial charge is 0.221 e. The van der Waals surface area contributed by atoms with Crippen LogP contribution in [-0.4, -0.2) is 30.0 Å². The first-order valence-electron chi connectivity index (χ1n) is 6.93. The van der Waals surface area contributed by atoms with E-state index in [1.165, 1.54) is 5.56 Å². The molecule has 1 saturated heterocycles. The van der Waals surface area contributed by atoms with Crippen LogP contribution in [0.5, 0.6) is 0 Å². The molecule has 104 valence electrons. The second-order valence-electron chi connectivity index (χ2n) is 4.88. The highest BCUT2D eigenvalue weighted by Crippen LogP contribution is 2.10. The van der Waals surface area contributed by atoms with Gasteiger partial charge in [0.15, 0.2) is 0 Å². The molecule has 2 rings (SSSR count). The van der Waals surface area contributed by atoms with Gasteiger partial charge in [0.25, 0.3) is 0 Å². The summed E-state index contributed by atoms with van der Waals surface area (Å²) in [6.07, 6.45) is 1.64. The molecule has 0 bridgehead atoms. The number of rotatable bonds is 5. The Hall–Kier alpha value is -1.00. The molecule has 1 aromatic carbocycles. The Morgan fingerprint density at radius 1 is 1.37 bits per heavy atom. The molecule has 0 aromatic heterocycles. The third-order valence-electron chi connectivity index (χ3n) is 3.35. The minimum Gasteiger partial charge on any atom is -0.352 e. The molecular formula is C15H22N2OS. The zero-order valence-corrected chi connectivity index (χ0v) is 12.3. The van der Waals surface area contributed by atoms with Crippen molar-refractivity contribution in [2.75, 3.05) is 18.1 Å². The van der Waals surface area contributed by atoms with E-state index in [9.17, 15) is 4.79 Å². The highest BCUT2D eigenvalue weighted by Gasteiger charge is 2.16. The number of hydrogen-bond acceptors (Lipinski definition) is 3. The average Bonchev–Trinajstić information content (AvgIpc) is 2.47. The second kappa shape index (κ2) is 7.56. The van der Waals surface area contributed by atoms with Crippen LogP contribution in [0.25, 0.3) is 0 Å². The maximum absolute atomic E-state index is 11.8. The van der Waals surface area contributed by atoms with Gasteiger partial charge in [-0.05, 0) is 17.5 Å². The van der Waals surface area contributed by atoms with Crippen molar-refractivity contribution < 1.29 is 4.79 Å². The van der Waals surface area contributed by atoms with Crippen molar-refractivity contribution in [2.45, 2.75) is 32.4 Å². The third-order valence-corrected chi connectivity index (χ3v) is 4.48. The van der Waals surface area contributed by atoms with Gasteiger partial charge in [0, 0.05) is 37.1 Å². The van der Waals surface area contributed by atoms with E-state index in [2.05, 4.69) is 41.8 Å². The highest BCUT2D eigenvalue weighted by atomic mass is 32.2. The highest BCUT2D eigenvalue weighted by molar-refractivity contribution is 7.99. The summed E-state index contributed by atoms with van der Waals surface area (Å²) in [5, 5.41) is 6.38. The Kier molecular flexibility index (Phi) is 5.73. The lowest BCUT2D eigenvalue weighted by atomic mass is 10.1. The standard InChI is InChI=1S/C15H22N2OS/c1-2-12-3-5-13(6-4-12)10-17-15(18)9-14-11-19-8-7-16-14/h3-6,14,16H,2,7-11H2,1H3,(H,17,18). The number of nitrogens with one attached hydrogen (secondary N) is 2. The van der Waals surface area contributed by atoms with Crippen molar-refractivity contribution in [3.05, 3.63) is 35.4 Å². The van der Waals surface area contributed by atoms with Gasteiger partial charge in [-0.1, -0.05) is 31.2 Å². The molecule has 0 radical (unpaired) electrons. The molecular weight excluding hydrogens is 256 g/mol. The lowest BCUT2D eigenvalue weighted by Gasteiger charge is -2.22. The number of hydrogen-bond donors (Lipinski definition) is 2. The number of carbonyl (C=O) groups is 1. The number of benzene rings is 1. The summed E-state index contributed by atoms with van der Waals surface area (Å²) in [6.45, 7) is 3.79. The first kappa shape index (κ1) is 14.4. The van der Waals surface area contributed by atoms with Crippen LogP contribution in [-0.2, 0) is 17.8 Å². The topological polar surface area (TPSA) is 41.1 Å². The molecule has 0 aliphatic carbocycles. The third kappa shape index (κ3) is 4.88. The van der Waals surface area contributed by atoms with E-state index >= 15 is 0 Å². The molecule has 19 heavy (non-hydrogen) atoms. The Bertz CT molecular complexity index is 399. The van der Waals surface area contributed by atoms with Gasteiger partial charge in [-0.25, -0.2) is 0 Å². The van der Waals surface area contributed by atoms with Crippen molar-refractivity contribution in [3.8, 4) is 0 Å². The minimum atomic E-state index is 0.138. The number of aryl methyl sites for hydroxylation is 1. The van der Waals surface area contributed by atoms with Crippen LogP contribution in [0.2, 0.25) is 0 Å². The van der Waals surface area contributed by atoms with Gasteiger partial charge in [-0.2, -0.15) is 11.8 Å². The van der Waals surface area contributed by atoms with Crippen molar-refractivity contribution in [1.29, 1.82) is 0 Å². The van der Waals surface area contributed by atoms with Crippen LogP contribution in [0, 0.1) is 0 Å². The van der Waals surface area contributed by atoms with Gasteiger partial charge < -0.3 is 10.6 Å². The van der Waals surface area contributed by atoms with Crippen molar-refractivity contribution in [3.63, 3.8) is 0 Å². The molecule has 1 unspecified atom stereocenters. The van der Waals surface area contributed by atoms with Gasteiger partial charge in [0.05, 0.1) is 0 Å². The maximum atomic E-state index is 11.8. The first-order valence-corrected chi connectivity index (χ1v) is 8.09. The molecule has 1 aliphatic heterocycles. The van der Waals surface area contributed by atoms with Crippen LogP contribution in [0.4, 0.5) is 0 Å². The summed E-state index contributed by atoms with van der Waals surface area (Å²) < 4.78 is 0. The van der Waals surface area contributed by atoms with Crippen LogP contribution in [0.3, 0.4) is 0 Å². The summed E-state index contributed by atoms with van der Waals surface area (Å²) in [5.74, 6) is 2.33. The summed E-state index contributed by atoms with van der Waals surface area (Å²) in [4.78, 5) is 11.8. The lowest BCUT2D eigenvalue weighted by molar-refractivity contribution is -0.121. The van der Waals surface area contributed by atoms with Crippen molar-refractivity contribution in [1.82, 2.24) is 10.6 Å². The molecule has 4 heteroatoms. The van der Waals surface area contributed by atoms with Crippen LogP contribution in [0.1, 0.15) is 24.5 Å². The second-order valence-corrected chi connectivity index (χ2v) is 6.03. The van der Waals surface area contributed by atoms with Crippen LogP contribution < -0.4 is 10.6 Å². The first-order chi connectivity index (χ1) is 9.28. The predicted molar refractivity (Wildman–Crippen MR) is 81.4 cm³/mol. The Morgan fingerprint density at radius 2 is 2.11 bits per heavy atom. The summed E-state index contributed by atoms with van der Waals surface area (Å²) in [7, 11) is 0. The van der Waals surface area contributed by atoms with Crippen molar-refractivity contribution in [2.24, 2.45) is 0 Å². The molecule has 1 amide bonds. The van der Waals surface area contributed by atoms with Gasteiger partial charge in [-0.3, -0.25) is 4.79 Å². The normalized spacial score (nSPS) is 19.1. The largest absolute Gasteiger partial charge is 0.352 e. The van der Waals surface area contributed by atoms with E-state index in [0.717, 1.165) is 30.0 Å². The summed E-state index contributed by atoms with van der Waals surface area (Å²) >= 11 is 1.92. The molecule has 1 aromatic rings. The molecule has 1 fully saturated rings. The zero-order chi connectivity index (χ0) is 13.5. The molecule has 1 heterocycles. The number of carbonyl (C=O) groups excluding carboxylic acids is 1. The molecule has 3 nitrogen and oxygen atoms in total. The van der Waals surface area contributed by atoms with E-state index in [1.54, 1.807) is 0 Å². The fourth-order valence-electron chi connectivity index (χ4n) is 2.14. The lowest BCUT2D eigenvalue weighted by Crippen LogP contribution is -2.41. The summed E-state index contributed by atoms with van der Waals surface area (Å²) in [5.41, 5.74) is 2.50. The maximum Gasteiger partial charge on any atom is 0.221 e. The SMILES string of the molecule is CCc1ccc(CNC(=O)CC2CSCCN2)cc1. The van der Waals surface area contributed by atoms with E-state index in [1.807, 2.05) is 11.8 Å². The van der Waals surface area contributed by atoms with Crippen LogP contribution >= 0.6 is 11.8 Å². The van der Waals surface area contributed by atoms with Gasteiger partial charge in [0.2, 0.25) is 5.91 Å². The fourth-order valence-corrected chi connectivity index (χ4v) is 3.09. The van der Waals surface area contributed by atoms with E-state index in [0.29, 0.717) is 19.0 Å². The van der Waals surface area contributed by atoms with Gasteiger partial charge in [0.1, 0.15) is 0 Å². The van der Waals surface area contributed by atoms with Gasteiger partial charge >= 0.3 is 0 Å². The fraction of sp³-hybridized carbons (Fsp3) is 0.533. The molecule has 0 spiro atoms. The van der Waals surface area contributed by atoms with E-state index in [-0.39, 0.29) is 5.91 Å². The molecule has 0 saturated carbocycles. The zero-order valence-electron chi connectivity index (χ0n) is 11.4. The quantitative estimate of drug-likeness (QED) is 0.865. The number of thioether (sulfide) groups is 1. The van der Waals surface area contributed by atoms with E-state index in [4.69, 9.17) is 0 Å². The molecule has 2 N–H and O–H groups in total. The van der Waals surface area contributed by atoms with Crippen LogP contribution in [0.15, 0.2) is 24.3 Å². The predicted octanol–water partition coefficient (Wildman–Crippen LogP) is 1.96. The summed E-state index contributed by atoms with van der Waals surface area (Å²) in [6, 6.07) is 8.77. The Morgan fingerprint density at radius 3 is 2.74 bits per heavy atom. The van der Waals surface area contributed by atoms with Gasteiger partial charge in [-0.15, -0.1) is 0 Å². The Labute approximate surface area is 119 Å². The molecule has 1 aliphatic rings. The van der Waals surface area contributed by atoms with Crippen molar-refractivity contribution >= 4 is 17.7 Å². The molecule has 1 atom stereocenters. The Balaban J connectivity index is 1.72.